The fourth-order valence-corrected chi connectivity index (χ4v) is 10.2. The molecule has 9 rings (SSSR count). The number of benzene rings is 4. The topological polar surface area (TPSA) is 149 Å². The third-order valence-electron chi connectivity index (χ3n) is 13.3. The number of phenolic OH excluding ortho intramolecular Hbond substituents is 1. The van der Waals surface area contributed by atoms with Crippen LogP contribution in [0.15, 0.2) is 95.8 Å². The highest BCUT2D eigenvalue weighted by Crippen LogP contribution is 2.42. The Morgan fingerprint density at radius 1 is 0.951 bits per heavy atom. The molecule has 2 atom stereocenters. The number of pyridine rings is 1. The van der Waals surface area contributed by atoms with Crippen LogP contribution in [0, 0.1) is 5.92 Å². The third-order valence-corrected chi connectivity index (χ3v) is 17.8. The molecule has 3 fully saturated rings. The molecule has 61 heavy (non-hydrogen) atoms. The molecule has 5 heterocycles. The van der Waals surface area contributed by atoms with E-state index in [0.717, 1.165) is 102 Å². The van der Waals surface area contributed by atoms with Crippen molar-refractivity contribution in [2.45, 2.75) is 96.2 Å². The van der Waals surface area contributed by atoms with E-state index in [-0.39, 0.29) is 28.5 Å². The van der Waals surface area contributed by atoms with Gasteiger partial charge in [-0.3, -0.25) is 9.69 Å². The third kappa shape index (κ3) is 9.30. The summed E-state index contributed by atoms with van der Waals surface area (Å²) >= 11 is 0. The first-order valence-corrected chi connectivity index (χ1v) is 24.6. The van der Waals surface area contributed by atoms with E-state index in [4.69, 9.17) is 14.6 Å². The van der Waals surface area contributed by atoms with E-state index < -0.39 is 14.4 Å². The quantitative estimate of drug-likeness (QED) is 0.0587. The number of nitrogens with zero attached hydrogens (tertiary/aromatic N) is 5. The Hall–Kier alpha value is -5.34. The Bertz CT molecular complexity index is 2560. The number of nitrogens with one attached hydrogen (secondary N) is 2. The number of fused-ring (bicyclic) bond motifs is 5. The minimum Gasteiger partial charge on any atom is -0.506 e. The van der Waals surface area contributed by atoms with Crippen LogP contribution in [-0.2, 0) is 23.9 Å². The number of carboxylic acid groups (broad SMARTS) is 1. The first-order valence-electron chi connectivity index (χ1n) is 21.7. The van der Waals surface area contributed by atoms with Gasteiger partial charge in [0, 0.05) is 36.7 Å². The molecule has 0 unspecified atom stereocenters. The van der Waals surface area contributed by atoms with Gasteiger partial charge >= 0.3 is 6.09 Å². The maximum absolute atomic E-state index is 13.0. The molecule has 320 valence electrons. The zero-order valence-corrected chi connectivity index (χ0v) is 37.0. The first-order chi connectivity index (χ1) is 29.2. The van der Waals surface area contributed by atoms with Crippen molar-refractivity contribution < 1.29 is 19.4 Å². The van der Waals surface area contributed by atoms with Crippen LogP contribution in [0.2, 0.25) is 18.1 Å². The monoisotopic (exact) mass is 841 g/mol. The molecular formula is C48H59N7O5Si. The molecule has 0 radical (unpaired) electrons. The number of piperidine rings is 3. The SMILES string of the molecule is CC(C)(C)[Si](C)(C)O[C@@H](CNCc1ccc2nn(CCCCc3ccc(-c4ccccc4)c(N(C(=O)O)[C@H]4CN5CCC4CC5)c3)nc2c1)c1ccc(O)c2[nH]c(=O)ccc12. The normalized spacial score (nSPS) is 18.5. The minimum absolute atomic E-state index is 0.0165. The Balaban J connectivity index is 0.921. The fraction of sp³-hybridized carbons (Fsp3) is 0.417. The van der Waals surface area contributed by atoms with Gasteiger partial charge in [0.25, 0.3) is 0 Å². The number of aromatic nitrogens is 4. The maximum Gasteiger partial charge on any atom is 0.412 e. The van der Waals surface area contributed by atoms with Gasteiger partial charge in [0.1, 0.15) is 16.8 Å². The molecule has 0 spiro atoms. The van der Waals surface area contributed by atoms with Crippen molar-refractivity contribution in [1.82, 2.24) is 30.2 Å². The van der Waals surface area contributed by atoms with Crippen molar-refractivity contribution in [3.05, 3.63) is 118 Å². The lowest BCUT2D eigenvalue weighted by Gasteiger charge is -2.48. The summed E-state index contributed by atoms with van der Waals surface area (Å²) in [7, 11) is -2.21. The summed E-state index contributed by atoms with van der Waals surface area (Å²) in [5.74, 6) is 0.410. The number of aromatic amines is 1. The number of carbonyl (C=O) groups is 1. The molecule has 3 aliphatic heterocycles. The van der Waals surface area contributed by atoms with Crippen LogP contribution in [0.5, 0.6) is 5.75 Å². The second-order valence-corrected chi connectivity index (χ2v) is 23.2. The second-order valence-electron chi connectivity index (χ2n) is 18.4. The predicted octanol–water partition coefficient (Wildman–Crippen LogP) is 9.10. The Morgan fingerprint density at radius 3 is 2.43 bits per heavy atom. The number of phenols is 1. The van der Waals surface area contributed by atoms with Gasteiger partial charge in [-0.1, -0.05) is 75.4 Å². The van der Waals surface area contributed by atoms with E-state index in [9.17, 15) is 19.8 Å². The van der Waals surface area contributed by atoms with Crippen molar-refractivity contribution in [3.63, 3.8) is 0 Å². The number of hydrogen-bond donors (Lipinski definition) is 4. The lowest BCUT2D eigenvalue weighted by Crippen LogP contribution is -2.59. The summed E-state index contributed by atoms with van der Waals surface area (Å²) in [6.45, 7) is 15.8. The molecule has 4 N–H and O–H groups in total. The number of unbranched alkanes of at least 4 members (excludes halogenated alkanes) is 1. The highest BCUT2D eigenvalue weighted by atomic mass is 28.4. The van der Waals surface area contributed by atoms with Crippen LogP contribution in [0.1, 0.15) is 69.2 Å². The van der Waals surface area contributed by atoms with Crippen molar-refractivity contribution in [2.75, 3.05) is 31.1 Å². The van der Waals surface area contributed by atoms with Gasteiger partial charge in [-0.2, -0.15) is 15.0 Å². The van der Waals surface area contributed by atoms with E-state index in [1.165, 1.54) is 6.07 Å². The summed E-state index contributed by atoms with van der Waals surface area (Å²) in [5, 5.41) is 35.2. The van der Waals surface area contributed by atoms with E-state index in [1.54, 1.807) is 21.8 Å². The second kappa shape index (κ2) is 17.6. The standard InChI is InChI=1S/C48H59N7O5Si/c1-48(2,3)61(4,5)60-44(37-17-20-43(56)46-38(37)18-21-45(57)50-46)30-49-29-33-15-19-39-40(27-33)52-54(51-39)24-10-9-11-32-14-16-36(34-12-7-6-8-13-34)41(28-32)55(47(58)59)42-31-53-25-22-35(42)23-26-53/h6-8,12-21,27-28,35,42,44,49,56H,9-11,22-26,29-31H2,1-5H3,(H,50,57)(H,58,59)/t42-,44-/m0/s1. The highest BCUT2D eigenvalue weighted by molar-refractivity contribution is 6.74. The summed E-state index contributed by atoms with van der Waals surface area (Å²) in [6.07, 6.45) is 3.51. The first kappa shape index (κ1) is 42.4. The Labute approximate surface area is 358 Å². The molecule has 4 aromatic carbocycles. The van der Waals surface area contributed by atoms with Gasteiger partial charge in [0.2, 0.25) is 5.56 Å². The molecule has 3 saturated heterocycles. The van der Waals surface area contributed by atoms with E-state index >= 15 is 0 Å². The predicted molar refractivity (Wildman–Crippen MR) is 245 cm³/mol. The molecule has 6 aromatic rings. The molecular weight excluding hydrogens is 783 g/mol. The van der Waals surface area contributed by atoms with Crippen LogP contribution in [0.3, 0.4) is 0 Å². The van der Waals surface area contributed by atoms with Crippen LogP contribution >= 0.6 is 0 Å². The van der Waals surface area contributed by atoms with E-state index in [1.807, 2.05) is 30.3 Å². The molecule has 13 heteroatoms. The van der Waals surface area contributed by atoms with Gasteiger partial charge in [-0.15, -0.1) is 0 Å². The van der Waals surface area contributed by atoms with Gasteiger partial charge in [-0.05, 0) is 122 Å². The average Bonchev–Trinajstić information content (AvgIpc) is 3.65. The van der Waals surface area contributed by atoms with Crippen molar-refractivity contribution >= 4 is 42.0 Å². The molecule has 12 nitrogen and oxygen atoms in total. The molecule has 0 saturated carbocycles. The zero-order valence-electron chi connectivity index (χ0n) is 36.0. The lowest BCUT2D eigenvalue weighted by molar-refractivity contribution is 0.0837. The van der Waals surface area contributed by atoms with Crippen LogP contribution in [0.4, 0.5) is 10.5 Å². The molecule has 1 amide bonds. The number of anilines is 1. The number of hydrogen-bond acceptors (Lipinski definition) is 8. The molecule has 2 aromatic heterocycles. The fourth-order valence-electron chi connectivity index (χ4n) is 8.88. The van der Waals surface area contributed by atoms with Crippen molar-refractivity contribution in [3.8, 4) is 16.9 Å². The van der Waals surface area contributed by atoms with Crippen LogP contribution in [-0.4, -0.2) is 81.7 Å². The van der Waals surface area contributed by atoms with Gasteiger partial charge in [0.05, 0.1) is 29.9 Å². The minimum atomic E-state index is -2.21. The molecule has 0 aliphatic carbocycles. The summed E-state index contributed by atoms with van der Waals surface area (Å²) < 4.78 is 6.99. The Kier molecular flexibility index (Phi) is 12.2. The maximum atomic E-state index is 13.0. The van der Waals surface area contributed by atoms with E-state index in [2.05, 4.69) is 91.5 Å². The number of aryl methyl sites for hydroxylation is 2. The van der Waals surface area contributed by atoms with Crippen LogP contribution in [0.25, 0.3) is 33.1 Å². The Morgan fingerprint density at radius 2 is 1.70 bits per heavy atom. The lowest BCUT2D eigenvalue weighted by atomic mass is 9.82. The average molecular weight is 842 g/mol. The number of H-pyrrole nitrogens is 1. The number of rotatable bonds is 15. The van der Waals surface area contributed by atoms with Gasteiger partial charge < -0.3 is 29.8 Å². The van der Waals surface area contributed by atoms with Crippen molar-refractivity contribution in [1.29, 1.82) is 0 Å². The molecule has 3 aliphatic rings. The van der Waals surface area contributed by atoms with Crippen LogP contribution < -0.4 is 15.8 Å². The molecule has 2 bridgehead atoms. The van der Waals surface area contributed by atoms with Gasteiger partial charge in [-0.25, -0.2) is 4.79 Å². The van der Waals surface area contributed by atoms with Crippen molar-refractivity contribution in [2.24, 2.45) is 5.92 Å². The summed E-state index contributed by atoms with van der Waals surface area (Å²) in [4.78, 5) is 33.8. The smallest absolute Gasteiger partial charge is 0.412 e. The zero-order chi connectivity index (χ0) is 42.9. The van der Waals surface area contributed by atoms with Gasteiger partial charge in [0.15, 0.2) is 8.32 Å². The number of aromatic hydroxyl groups is 1. The largest absolute Gasteiger partial charge is 0.506 e. The summed E-state index contributed by atoms with van der Waals surface area (Å²) in [5.41, 5.74) is 7.70. The summed E-state index contributed by atoms with van der Waals surface area (Å²) in [6, 6.07) is 29.4. The number of amides is 1. The highest BCUT2D eigenvalue weighted by Gasteiger charge is 2.41. The van der Waals surface area contributed by atoms with E-state index in [0.29, 0.717) is 31.1 Å².